The van der Waals surface area contributed by atoms with Gasteiger partial charge in [-0.25, -0.2) is 9.97 Å². The molecule has 0 aliphatic heterocycles. The van der Waals surface area contributed by atoms with E-state index in [1.165, 1.54) is 23.2 Å². The number of carbonyl (C=O) groups is 1. The van der Waals surface area contributed by atoms with E-state index in [1.807, 2.05) is 6.92 Å². The first-order chi connectivity index (χ1) is 11.6. The third-order valence-corrected chi connectivity index (χ3v) is 5.69. The van der Waals surface area contributed by atoms with E-state index in [0.717, 1.165) is 35.9 Å². The van der Waals surface area contributed by atoms with Crippen LogP contribution >= 0.6 is 11.3 Å². The van der Waals surface area contributed by atoms with E-state index in [4.69, 9.17) is 4.74 Å². The summed E-state index contributed by atoms with van der Waals surface area (Å²) in [5.41, 5.74) is 1.32. The first-order valence-electron chi connectivity index (χ1n) is 8.75. The van der Waals surface area contributed by atoms with Gasteiger partial charge in [-0.1, -0.05) is 20.3 Å². The molecule has 2 heterocycles. The summed E-state index contributed by atoms with van der Waals surface area (Å²) in [5.74, 6) is 1.17. The van der Waals surface area contributed by atoms with Gasteiger partial charge in [-0.15, -0.1) is 11.3 Å². The van der Waals surface area contributed by atoms with E-state index >= 15 is 0 Å². The van der Waals surface area contributed by atoms with Crippen LogP contribution < -0.4 is 10.1 Å². The van der Waals surface area contributed by atoms with E-state index in [0.29, 0.717) is 11.8 Å². The van der Waals surface area contributed by atoms with Gasteiger partial charge < -0.3 is 10.1 Å². The van der Waals surface area contributed by atoms with Crippen LogP contribution in [0, 0.1) is 5.92 Å². The largest absolute Gasteiger partial charge is 0.467 e. The minimum absolute atomic E-state index is 0.00118. The number of hydrogen-bond donors (Lipinski definition) is 1. The third-order valence-electron chi connectivity index (χ3n) is 4.53. The molecule has 0 aromatic carbocycles. The number of aryl methyl sites for hydroxylation is 1. The number of fused-ring (bicyclic) bond motifs is 3. The van der Waals surface area contributed by atoms with Crippen LogP contribution in [0.4, 0.5) is 0 Å². The number of hydrogen-bond acceptors (Lipinski definition) is 5. The van der Waals surface area contributed by atoms with Gasteiger partial charge in [-0.3, -0.25) is 4.79 Å². The standard InChI is InChI=1S/C18H25N3O2S/c1-4-5-12(3)21-15(22)9-23-17-16-13-7-6-11(2)8-14(13)24-18(16)20-10-19-17/h10-12H,4-9H2,1-3H3,(H,21,22)/t11-,12-/m1/s1. The third kappa shape index (κ3) is 3.69. The number of ether oxygens (including phenoxy) is 1. The Hall–Kier alpha value is -1.69. The number of thiophene rings is 1. The van der Waals surface area contributed by atoms with E-state index < -0.39 is 0 Å². The van der Waals surface area contributed by atoms with Crippen molar-refractivity contribution in [1.82, 2.24) is 15.3 Å². The number of carbonyl (C=O) groups excluding carboxylic acids is 1. The molecule has 0 bridgehead atoms. The summed E-state index contributed by atoms with van der Waals surface area (Å²) >= 11 is 1.74. The van der Waals surface area contributed by atoms with E-state index in [2.05, 4.69) is 29.1 Å². The summed E-state index contributed by atoms with van der Waals surface area (Å²) in [6.45, 7) is 6.41. The fraction of sp³-hybridized carbons (Fsp3) is 0.611. The van der Waals surface area contributed by atoms with Crippen LogP contribution in [0.5, 0.6) is 5.88 Å². The molecule has 1 amide bonds. The summed E-state index contributed by atoms with van der Waals surface area (Å²) < 4.78 is 5.75. The average Bonchev–Trinajstić information content (AvgIpc) is 2.90. The van der Waals surface area contributed by atoms with Gasteiger partial charge in [0.25, 0.3) is 5.91 Å². The topological polar surface area (TPSA) is 64.1 Å². The van der Waals surface area contributed by atoms with Gasteiger partial charge in [0.15, 0.2) is 6.61 Å². The molecule has 6 heteroatoms. The second-order valence-corrected chi connectivity index (χ2v) is 7.84. The Morgan fingerprint density at radius 3 is 3.12 bits per heavy atom. The van der Waals surface area contributed by atoms with Crippen LogP contribution in [0.1, 0.15) is 50.5 Å². The lowest BCUT2D eigenvalue weighted by Crippen LogP contribution is -2.36. The monoisotopic (exact) mass is 347 g/mol. The molecule has 1 aliphatic carbocycles. The molecule has 130 valence electrons. The Balaban J connectivity index is 1.74. The summed E-state index contributed by atoms with van der Waals surface area (Å²) in [6, 6.07) is 0.173. The smallest absolute Gasteiger partial charge is 0.258 e. The molecule has 24 heavy (non-hydrogen) atoms. The number of rotatable bonds is 6. The van der Waals surface area contributed by atoms with E-state index in [1.54, 1.807) is 11.3 Å². The molecule has 1 N–H and O–H groups in total. The highest BCUT2D eigenvalue weighted by molar-refractivity contribution is 7.18. The summed E-state index contributed by atoms with van der Waals surface area (Å²) in [6.07, 6.45) is 6.88. The molecular formula is C18H25N3O2S. The number of aromatic nitrogens is 2. The lowest BCUT2D eigenvalue weighted by atomic mass is 9.89. The summed E-state index contributed by atoms with van der Waals surface area (Å²) in [5, 5.41) is 3.97. The fourth-order valence-electron chi connectivity index (χ4n) is 3.31. The van der Waals surface area contributed by atoms with Gasteiger partial charge in [-0.05, 0) is 44.1 Å². The van der Waals surface area contributed by atoms with Gasteiger partial charge >= 0.3 is 0 Å². The zero-order valence-electron chi connectivity index (χ0n) is 14.6. The zero-order chi connectivity index (χ0) is 17.1. The minimum atomic E-state index is -0.0968. The molecule has 5 nitrogen and oxygen atoms in total. The van der Waals surface area contributed by atoms with Crippen LogP contribution in [0.25, 0.3) is 10.2 Å². The van der Waals surface area contributed by atoms with Crippen molar-refractivity contribution in [3.05, 3.63) is 16.8 Å². The van der Waals surface area contributed by atoms with Gasteiger partial charge in [-0.2, -0.15) is 0 Å². The Bertz CT molecular complexity index is 728. The Kier molecular flexibility index (Phi) is 5.33. The lowest BCUT2D eigenvalue weighted by molar-refractivity contribution is -0.123. The molecule has 3 rings (SSSR count). The van der Waals surface area contributed by atoms with Crippen LogP contribution in [-0.2, 0) is 17.6 Å². The van der Waals surface area contributed by atoms with Crippen molar-refractivity contribution in [2.45, 2.75) is 58.9 Å². The van der Waals surface area contributed by atoms with Crippen molar-refractivity contribution in [2.24, 2.45) is 5.92 Å². The second-order valence-electron chi connectivity index (χ2n) is 6.76. The van der Waals surface area contributed by atoms with Crippen molar-refractivity contribution >= 4 is 27.5 Å². The number of nitrogens with zero attached hydrogens (tertiary/aromatic N) is 2. The molecule has 2 atom stereocenters. The van der Waals surface area contributed by atoms with Crippen LogP contribution in [0.2, 0.25) is 0 Å². The second kappa shape index (κ2) is 7.47. The molecule has 0 fully saturated rings. The first kappa shape index (κ1) is 17.1. The molecule has 2 aromatic rings. The summed E-state index contributed by atoms with van der Waals surface area (Å²) in [4.78, 5) is 23.1. The van der Waals surface area contributed by atoms with Crippen molar-refractivity contribution in [1.29, 1.82) is 0 Å². The molecule has 0 saturated carbocycles. The molecule has 0 saturated heterocycles. The molecule has 1 aliphatic rings. The molecule has 2 aromatic heterocycles. The van der Waals surface area contributed by atoms with Gasteiger partial charge in [0.1, 0.15) is 11.2 Å². The Labute approximate surface area is 146 Å². The maximum absolute atomic E-state index is 12.0. The molecule has 0 radical (unpaired) electrons. The normalized spacial score (nSPS) is 18.2. The fourth-order valence-corrected chi connectivity index (χ4v) is 4.65. The summed E-state index contributed by atoms with van der Waals surface area (Å²) in [7, 11) is 0. The lowest BCUT2D eigenvalue weighted by Gasteiger charge is -2.18. The maximum Gasteiger partial charge on any atom is 0.258 e. The Morgan fingerprint density at radius 1 is 1.50 bits per heavy atom. The highest BCUT2D eigenvalue weighted by atomic mass is 32.1. The highest BCUT2D eigenvalue weighted by Gasteiger charge is 2.23. The van der Waals surface area contributed by atoms with Crippen LogP contribution in [0.15, 0.2) is 6.33 Å². The first-order valence-corrected chi connectivity index (χ1v) is 9.57. The highest BCUT2D eigenvalue weighted by Crippen LogP contribution is 2.40. The number of amides is 1. The van der Waals surface area contributed by atoms with E-state index in [-0.39, 0.29) is 18.6 Å². The van der Waals surface area contributed by atoms with Gasteiger partial charge in [0, 0.05) is 10.9 Å². The predicted octanol–water partition coefficient (Wildman–Crippen LogP) is 3.50. The van der Waals surface area contributed by atoms with E-state index in [9.17, 15) is 4.79 Å². The quantitative estimate of drug-likeness (QED) is 0.869. The predicted molar refractivity (Wildman–Crippen MR) is 96.6 cm³/mol. The minimum Gasteiger partial charge on any atom is -0.467 e. The zero-order valence-corrected chi connectivity index (χ0v) is 15.4. The van der Waals surface area contributed by atoms with Crippen molar-refractivity contribution < 1.29 is 9.53 Å². The van der Waals surface area contributed by atoms with Gasteiger partial charge in [0.2, 0.25) is 5.88 Å². The van der Waals surface area contributed by atoms with Crippen LogP contribution in [0.3, 0.4) is 0 Å². The van der Waals surface area contributed by atoms with Crippen LogP contribution in [-0.4, -0.2) is 28.5 Å². The molecule has 0 unspecified atom stereocenters. The number of nitrogens with one attached hydrogen (secondary N) is 1. The maximum atomic E-state index is 12.0. The molecule has 0 spiro atoms. The van der Waals surface area contributed by atoms with Crippen molar-refractivity contribution in [2.75, 3.05) is 6.61 Å². The van der Waals surface area contributed by atoms with Gasteiger partial charge in [0.05, 0.1) is 5.39 Å². The SMILES string of the molecule is CCC[C@@H](C)NC(=O)COc1ncnc2sc3c(c12)CC[C@@H](C)C3. The molecular weight excluding hydrogens is 322 g/mol. The average molecular weight is 347 g/mol. The van der Waals surface area contributed by atoms with Crippen molar-refractivity contribution in [3.8, 4) is 5.88 Å². The van der Waals surface area contributed by atoms with Crippen molar-refractivity contribution in [3.63, 3.8) is 0 Å². The Morgan fingerprint density at radius 2 is 2.33 bits per heavy atom.